The zero-order chi connectivity index (χ0) is 18.8. The number of aryl methyl sites for hydroxylation is 1. The van der Waals surface area contributed by atoms with Crippen molar-refractivity contribution in [1.82, 2.24) is 9.88 Å². The fourth-order valence-corrected chi connectivity index (χ4v) is 4.43. The summed E-state index contributed by atoms with van der Waals surface area (Å²) < 4.78 is 3.31. The number of amides is 1. The number of hydrogen-bond acceptors (Lipinski definition) is 2. The summed E-state index contributed by atoms with van der Waals surface area (Å²) in [6, 6.07) is 24.6. The molecule has 1 amide bonds. The molecule has 0 spiro atoms. The molecule has 0 radical (unpaired) electrons. The number of benzene rings is 2. The molecule has 1 atom stereocenters. The van der Waals surface area contributed by atoms with Crippen LogP contribution in [-0.4, -0.2) is 10.5 Å². The third kappa shape index (κ3) is 3.53. The largest absolute Gasteiger partial charge is 0.347 e. The van der Waals surface area contributed by atoms with Gasteiger partial charge in [0.1, 0.15) is 5.69 Å². The van der Waals surface area contributed by atoms with E-state index < -0.39 is 0 Å². The van der Waals surface area contributed by atoms with Gasteiger partial charge < -0.3 is 9.88 Å². The lowest BCUT2D eigenvalue weighted by atomic mass is 10.1. The van der Waals surface area contributed by atoms with Crippen LogP contribution in [0.3, 0.4) is 0 Å². The molecule has 0 aliphatic rings. The lowest BCUT2D eigenvalue weighted by Gasteiger charge is -2.19. The summed E-state index contributed by atoms with van der Waals surface area (Å²) in [6.45, 7) is 4.78. The number of carbonyl (C=O) groups excluding carboxylic acids is 1. The van der Waals surface area contributed by atoms with Gasteiger partial charge in [0.25, 0.3) is 5.91 Å². The van der Waals surface area contributed by atoms with Crippen molar-refractivity contribution in [2.75, 3.05) is 0 Å². The SMILES string of the molecule is Cc1cc2c(cc(C(=O)NCc3ccccc3)n2[C@H](C)c2ccccc2)s1. The summed E-state index contributed by atoms with van der Waals surface area (Å²) >= 11 is 1.73. The highest BCUT2D eigenvalue weighted by Gasteiger charge is 2.21. The number of thiophene rings is 1. The topological polar surface area (TPSA) is 34.0 Å². The van der Waals surface area contributed by atoms with Crippen molar-refractivity contribution in [2.45, 2.75) is 26.4 Å². The van der Waals surface area contributed by atoms with Crippen LogP contribution in [0.2, 0.25) is 0 Å². The van der Waals surface area contributed by atoms with Gasteiger partial charge >= 0.3 is 0 Å². The third-order valence-electron chi connectivity index (χ3n) is 4.85. The maximum Gasteiger partial charge on any atom is 0.268 e. The van der Waals surface area contributed by atoms with E-state index in [1.807, 2.05) is 54.6 Å². The van der Waals surface area contributed by atoms with Crippen molar-refractivity contribution in [3.05, 3.63) is 94.5 Å². The van der Waals surface area contributed by atoms with Crippen LogP contribution in [0.4, 0.5) is 0 Å². The summed E-state index contributed by atoms with van der Waals surface area (Å²) in [5.74, 6) is -0.0392. The second kappa shape index (κ2) is 7.41. The Hall–Kier alpha value is -2.85. The summed E-state index contributed by atoms with van der Waals surface area (Å²) in [5, 5.41) is 3.07. The van der Waals surface area contributed by atoms with Gasteiger partial charge in [0.2, 0.25) is 0 Å². The van der Waals surface area contributed by atoms with Crippen LogP contribution in [0.15, 0.2) is 72.8 Å². The van der Waals surface area contributed by atoms with E-state index in [-0.39, 0.29) is 11.9 Å². The van der Waals surface area contributed by atoms with E-state index in [9.17, 15) is 4.79 Å². The van der Waals surface area contributed by atoms with Crippen LogP contribution in [-0.2, 0) is 6.54 Å². The van der Waals surface area contributed by atoms with Crippen LogP contribution in [0.1, 0.15) is 39.5 Å². The smallest absolute Gasteiger partial charge is 0.268 e. The molecule has 1 N–H and O–H groups in total. The second-order valence-corrected chi connectivity index (χ2v) is 8.05. The summed E-state index contributed by atoms with van der Waals surface area (Å²) in [6.07, 6.45) is 0. The van der Waals surface area contributed by atoms with Gasteiger partial charge in [0, 0.05) is 11.4 Å². The summed E-state index contributed by atoms with van der Waals surface area (Å²) in [5.41, 5.74) is 4.12. The molecule has 4 heteroatoms. The predicted molar refractivity (Wildman–Crippen MR) is 112 cm³/mol. The number of hydrogen-bond donors (Lipinski definition) is 1. The monoisotopic (exact) mass is 374 g/mol. The van der Waals surface area contributed by atoms with Crippen LogP contribution in [0.5, 0.6) is 0 Å². The normalized spacial score (nSPS) is 12.2. The first kappa shape index (κ1) is 17.6. The van der Waals surface area contributed by atoms with E-state index in [0.717, 1.165) is 15.8 Å². The molecule has 0 fully saturated rings. The lowest BCUT2D eigenvalue weighted by molar-refractivity contribution is 0.0941. The van der Waals surface area contributed by atoms with Crippen molar-refractivity contribution >= 4 is 27.5 Å². The first-order chi connectivity index (χ1) is 13.1. The second-order valence-electron chi connectivity index (χ2n) is 6.76. The lowest BCUT2D eigenvalue weighted by Crippen LogP contribution is -2.26. The zero-order valence-corrected chi connectivity index (χ0v) is 16.3. The minimum absolute atomic E-state index is 0.0392. The molecule has 3 nitrogen and oxygen atoms in total. The number of nitrogens with zero attached hydrogens (tertiary/aromatic N) is 1. The molecule has 0 bridgehead atoms. The molecule has 0 aliphatic carbocycles. The van der Waals surface area contributed by atoms with Crippen LogP contribution >= 0.6 is 11.3 Å². The molecule has 2 aromatic carbocycles. The Kier molecular flexibility index (Phi) is 4.82. The molecular formula is C23H22N2OS. The Morgan fingerprint density at radius 3 is 2.41 bits per heavy atom. The Labute approximate surface area is 163 Å². The number of aromatic nitrogens is 1. The van der Waals surface area contributed by atoms with E-state index in [0.29, 0.717) is 12.2 Å². The fourth-order valence-electron chi connectivity index (χ4n) is 3.48. The van der Waals surface area contributed by atoms with Crippen LogP contribution in [0, 0.1) is 6.92 Å². The zero-order valence-electron chi connectivity index (χ0n) is 15.5. The maximum absolute atomic E-state index is 13.0. The molecule has 2 heterocycles. The van der Waals surface area contributed by atoms with Gasteiger partial charge in [0.05, 0.1) is 16.3 Å². The standard InChI is InChI=1S/C23H22N2OS/c1-16-13-20-22(27-16)14-21(23(26)24-15-18-9-5-3-6-10-18)25(20)17(2)19-11-7-4-8-12-19/h3-14,17H,15H2,1-2H3,(H,24,26)/t17-/m1/s1. The number of fused-ring (bicyclic) bond motifs is 1. The van der Waals surface area contributed by atoms with Gasteiger partial charge in [-0.15, -0.1) is 11.3 Å². The quantitative estimate of drug-likeness (QED) is 0.488. The van der Waals surface area contributed by atoms with Gasteiger partial charge in [0.15, 0.2) is 0 Å². The van der Waals surface area contributed by atoms with Crippen molar-refractivity contribution in [3.8, 4) is 0 Å². The summed E-state index contributed by atoms with van der Waals surface area (Å²) in [7, 11) is 0. The Bertz CT molecular complexity index is 1060. The Balaban J connectivity index is 1.69. The van der Waals surface area contributed by atoms with Crippen molar-refractivity contribution < 1.29 is 4.79 Å². The molecule has 136 valence electrons. The third-order valence-corrected chi connectivity index (χ3v) is 5.83. The minimum atomic E-state index is -0.0392. The Morgan fingerprint density at radius 1 is 1.04 bits per heavy atom. The highest BCUT2D eigenvalue weighted by molar-refractivity contribution is 7.19. The van der Waals surface area contributed by atoms with Gasteiger partial charge in [-0.25, -0.2) is 0 Å². The number of nitrogens with one attached hydrogen (secondary N) is 1. The summed E-state index contributed by atoms with van der Waals surface area (Å²) in [4.78, 5) is 14.3. The van der Waals surface area contributed by atoms with Gasteiger partial charge in [-0.2, -0.15) is 0 Å². The van der Waals surface area contributed by atoms with Gasteiger partial charge in [-0.3, -0.25) is 4.79 Å². The predicted octanol–water partition coefficient (Wildman–Crippen LogP) is 5.55. The average Bonchev–Trinajstić information content (AvgIpc) is 3.23. The molecule has 4 rings (SSSR count). The van der Waals surface area contributed by atoms with Crippen LogP contribution < -0.4 is 5.32 Å². The number of rotatable bonds is 5. The van der Waals surface area contributed by atoms with Crippen molar-refractivity contribution in [2.24, 2.45) is 0 Å². The molecule has 0 saturated carbocycles. The maximum atomic E-state index is 13.0. The average molecular weight is 375 g/mol. The van der Waals surface area contributed by atoms with Crippen molar-refractivity contribution in [3.63, 3.8) is 0 Å². The van der Waals surface area contributed by atoms with E-state index in [4.69, 9.17) is 0 Å². The van der Waals surface area contributed by atoms with E-state index in [1.54, 1.807) is 11.3 Å². The van der Waals surface area contributed by atoms with E-state index >= 15 is 0 Å². The first-order valence-electron chi connectivity index (χ1n) is 9.12. The van der Waals surface area contributed by atoms with Crippen molar-refractivity contribution in [1.29, 1.82) is 0 Å². The van der Waals surface area contributed by atoms with Crippen LogP contribution in [0.25, 0.3) is 10.2 Å². The molecule has 0 unspecified atom stereocenters. The highest BCUT2D eigenvalue weighted by atomic mass is 32.1. The fraction of sp³-hybridized carbons (Fsp3) is 0.174. The molecular weight excluding hydrogens is 352 g/mol. The minimum Gasteiger partial charge on any atom is -0.347 e. The molecule has 27 heavy (non-hydrogen) atoms. The molecule has 0 saturated heterocycles. The Morgan fingerprint density at radius 2 is 1.70 bits per heavy atom. The van der Waals surface area contributed by atoms with E-state index in [2.05, 4.69) is 41.9 Å². The molecule has 4 aromatic rings. The van der Waals surface area contributed by atoms with Gasteiger partial charge in [-0.1, -0.05) is 60.7 Å². The highest BCUT2D eigenvalue weighted by Crippen LogP contribution is 2.33. The molecule has 2 aromatic heterocycles. The van der Waals surface area contributed by atoms with Gasteiger partial charge in [-0.05, 0) is 37.1 Å². The van der Waals surface area contributed by atoms with E-state index in [1.165, 1.54) is 10.4 Å². The number of carbonyl (C=O) groups is 1. The first-order valence-corrected chi connectivity index (χ1v) is 9.93. The molecule has 0 aliphatic heterocycles.